The average Bonchev–Trinajstić information content (AvgIpc) is 3.14. The first kappa shape index (κ1) is 23.7. The third-order valence-corrected chi connectivity index (χ3v) is 4.62. The number of hydrogen-bond donors (Lipinski definition) is 2. The average molecular weight is 406 g/mol. The van der Waals surface area contributed by atoms with Crippen molar-refractivity contribution in [1.29, 1.82) is 5.26 Å². The van der Waals surface area contributed by atoms with Crippen LogP contribution in [0.4, 0.5) is 13.2 Å². The summed E-state index contributed by atoms with van der Waals surface area (Å²) in [6.07, 6.45) is 0.487. The lowest BCUT2D eigenvalue weighted by Crippen LogP contribution is -2.46. The van der Waals surface area contributed by atoms with Crippen molar-refractivity contribution in [3.63, 3.8) is 0 Å². The molecule has 0 unspecified atom stereocenters. The van der Waals surface area contributed by atoms with Crippen LogP contribution in [0, 0.1) is 11.3 Å². The van der Waals surface area contributed by atoms with E-state index in [4.69, 9.17) is 20.9 Å². The van der Waals surface area contributed by atoms with E-state index in [-0.39, 0.29) is 17.9 Å². The van der Waals surface area contributed by atoms with Gasteiger partial charge in [0.05, 0.1) is 12.1 Å². The van der Waals surface area contributed by atoms with Crippen LogP contribution in [0.2, 0.25) is 0 Å². The normalized spacial score (nSPS) is 20.6. The number of aliphatic carboxylic acids is 1. The summed E-state index contributed by atoms with van der Waals surface area (Å²) in [6.45, 7) is 2.25. The number of nitrogens with two attached hydrogens (primary N) is 1. The van der Waals surface area contributed by atoms with E-state index in [1.165, 1.54) is 6.42 Å². The summed E-state index contributed by atoms with van der Waals surface area (Å²) in [4.78, 5) is 36.6. The van der Waals surface area contributed by atoms with Crippen molar-refractivity contribution >= 4 is 17.8 Å². The molecule has 0 aliphatic carbocycles. The number of amides is 2. The second-order valence-corrected chi connectivity index (χ2v) is 6.71. The molecule has 158 valence electrons. The van der Waals surface area contributed by atoms with Gasteiger partial charge in [-0.3, -0.25) is 9.59 Å². The van der Waals surface area contributed by atoms with Crippen molar-refractivity contribution < 1.29 is 32.7 Å². The number of nitriles is 1. The fraction of sp³-hybridized carbons (Fsp3) is 0.765. The molecule has 0 spiro atoms. The topological polar surface area (TPSA) is 128 Å². The van der Waals surface area contributed by atoms with Crippen LogP contribution < -0.4 is 5.73 Å². The van der Waals surface area contributed by atoms with Crippen LogP contribution in [-0.2, 0) is 14.4 Å². The fourth-order valence-corrected chi connectivity index (χ4v) is 3.08. The van der Waals surface area contributed by atoms with Crippen molar-refractivity contribution in [2.75, 3.05) is 19.6 Å². The second-order valence-electron chi connectivity index (χ2n) is 6.71. The lowest BCUT2D eigenvalue weighted by atomic mass is 10.1. The predicted octanol–water partition coefficient (Wildman–Crippen LogP) is 1.25. The Bertz CT molecular complexity index is 600. The van der Waals surface area contributed by atoms with Gasteiger partial charge in [-0.1, -0.05) is 0 Å². The first-order valence-electron chi connectivity index (χ1n) is 9.11. The molecule has 11 heteroatoms. The van der Waals surface area contributed by atoms with Crippen molar-refractivity contribution in [1.82, 2.24) is 9.80 Å². The molecule has 0 aromatic rings. The van der Waals surface area contributed by atoms with Gasteiger partial charge in [-0.25, -0.2) is 4.79 Å². The van der Waals surface area contributed by atoms with Crippen molar-refractivity contribution in [3.05, 3.63) is 0 Å². The number of carbonyl (C=O) groups is 3. The van der Waals surface area contributed by atoms with E-state index in [9.17, 15) is 22.8 Å². The Labute approximate surface area is 161 Å². The van der Waals surface area contributed by atoms with E-state index in [1.807, 2.05) is 4.90 Å². The Morgan fingerprint density at radius 2 is 1.71 bits per heavy atom. The number of alkyl halides is 3. The minimum atomic E-state index is -5.08. The van der Waals surface area contributed by atoms with Gasteiger partial charge in [-0.2, -0.15) is 18.4 Å². The third-order valence-electron chi connectivity index (χ3n) is 4.62. The molecule has 0 radical (unpaired) electrons. The summed E-state index contributed by atoms with van der Waals surface area (Å²) < 4.78 is 31.7. The molecule has 2 rings (SSSR count). The van der Waals surface area contributed by atoms with E-state index in [1.54, 1.807) is 4.90 Å². The summed E-state index contributed by atoms with van der Waals surface area (Å²) in [5.41, 5.74) is 5.92. The van der Waals surface area contributed by atoms with E-state index >= 15 is 0 Å². The maximum absolute atomic E-state index is 12.2. The number of likely N-dealkylation sites (tertiary alicyclic amines) is 2. The van der Waals surface area contributed by atoms with Gasteiger partial charge >= 0.3 is 12.1 Å². The van der Waals surface area contributed by atoms with Crippen molar-refractivity contribution in [2.24, 2.45) is 5.73 Å². The van der Waals surface area contributed by atoms with Gasteiger partial charge in [0.25, 0.3) is 0 Å². The quantitative estimate of drug-likeness (QED) is 0.723. The number of carboxylic acid groups (broad SMARTS) is 1. The highest BCUT2D eigenvalue weighted by atomic mass is 19.4. The molecule has 0 bridgehead atoms. The highest BCUT2D eigenvalue weighted by Crippen LogP contribution is 2.18. The van der Waals surface area contributed by atoms with E-state index in [0.717, 1.165) is 38.8 Å². The summed E-state index contributed by atoms with van der Waals surface area (Å²) in [6, 6.07) is 1.12. The predicted molar refractivity (Wildman–Crippen MR) is 91.7 cm³/mol. The molecule has 8 nitrogen and oxygen atoms in total. The molecule has 0 aromatic heterocycles. The van der Waals surface area contributed by atoms with Crippen LogP contribution >= 0.6 is 0 Å². The molecule has 2 atom stereocenters. The summed E-state index contributed by atoms with van der Waals surface area (Å²) >= 11 is 0. The lowest BCUT2D eigenvalue weighted by Gasteiger charge is -2.27. The summed E-state index contributed by atoms with van der Waals surface area (Å²) in [5.74, 6) is -2.85. The van der Waals surface area contributed by atoms with Crippen molar-refractivity contribution in [3.8, 4) is 6.07 Å². The Balaban J connectivity index is 0.000000480. The van der Waals surface area contributed by atoms with Crippen LogP contribution in [0.15, 0.2) is 0 Å². The SMILES string of the molecule is N#C[C@@H]1CCCN1C(=O)[C@@H](N)CCC(=O)N1CCCCC1.O=C(O)C(F)(F)F. The Morgan fingerprint density at radius 1 is 1.14 bits per heavy atom. The Kier molecular flexibility index (Phi) is 9.18. The number of piperidine rings is 1. The highest BCUT2D eigenvalue weighted by Gasteiger charge is 2.38. The Hall–Kier alpha value is -2.35. The maximum atomic E-state index is 12.2. The van der Waals surface area contributed by atoms with Crippen molar-refractivity contribution in [2.45, 2.75) is 63.2 Å². The number of halogens is 3. The van der Waals surface area contributed by atoms with Gasteiger partial charge in [-0.15, -0.1) is 0 Å². The zero-order valence-corrected chi connectivity index (χ0v) is 15.5. The number of rotatable bonds is 4. The van der Waals surface area contributed by atoms with E-state index in [0.29, 0.717) is 19.4 Å². The maximum Gasteiger partial charge on any atom is 0.490 e. The van der Waals surface area contributed by atoms with E-state index in [2.05, 4.69) is 6.07 Å². The number of nitrogens with zero attached hydrogens (tertiary/aromatic N) is 3. The highest BCUT2D eigenvalue weighted by molar-refractivity contribution is 5.84. The van der Waals surface area contributed by atoms with Gasteiger partial charge in [0, 0.05) is 26.1 Å². The van der Waals surface area contributed by atoms with Crippen LogP contribution in [0.3, 0.4) is 0 Å². The first-order chi connectivity index (χ1) is 13.1. The van der Waals surface area contributed by atoms with Crippen LogP contribution in [0.25, 0.3) is 0 Å². The molecular weight excluding hydrogens is 381 g/mol. The molecule has 2 heterocycles. The molecule has 0 saturated carbocycles. The Morgan fingerprint density at radius 3 is 2.21 bits per heavy atom. The lowest BCUT2D eigenvalue weighted by molar-refractivity contribution is -0.192. The van der Waals surface area contributed by atoms with Gasteiger partial charge in [-0.05, 0) is 38.5 Å². The monoisotopic (exact) mass is 406 g/mol. The minimum Gasteiger partial charge on any atom is -0.475 e. The minimum absolute atomic E-state index is 0.0937. The zero-order valence-electron chi connectivity index (χ0n) is 15.5. The van der Waals surface area contributed by atoms with Crippen LogP contribution in [0.1, 0.15) is 44.9 Å². The fourth-order valence-electron chi connectivity index (χ4n) is 3.08. The largest absolute Gasteiger partial charge is 0.490 e. The second kappa shape index (κ2) is 10.8. The number of hydrogen-bond acceptors (Lipinski definition) is 5. The van der Waals surface area contributed by atoms with Gasteiger partial charge < -0.3 is 20.6 Å². The molecule has 2 aliphatic heterocycles. The smallest absolute Gasteiger partial charge is 0.475 e. The van der Waals surface area contributed by atoms with Crippen LogP contribution in [-0.4, -0.2) is 70.6 Å². The molecule has 2 fully saturated rings. The molecule has 2 aliphatic rings. The van der Waals surface area contributed by atoms with E-state index < -0.39 is 18.2 Å². The van der Waals surface area contributed by atoms with Gasteiger partial charge in [0.1, 0.15) is 6.04 Å². The molecule has 28 heavy (non-hydrogen) atoms. The third kappa shape index (κ3) is 7.34. The molecule has 2 amide bonds. The number of carbonyl (C=O) groups excluding carboxylic acids is 2. The molecule has 0 aromatic carbocycles. The van der Waals surface area contributed by atoms with Crippen LogP contribution in [0.5, 0.6) is 0 Å². The number of carboxylic acids is 1. The molecule has 2 saturated heterocycles. The van der Waals surface area contributed by atoms with Gasteiger partial charge in [0.15, 0.2) is 0 Å². The molecule has 3 N–H and O–H groups in total. The standard InChI is InChI=1S/C15H24N4O2.C2HF3O2/c16-11-12-5-4-10-19(12)15(21)13(17)6-7-14(20)18-8-2-1-3-9-18;3-2(4,5)1(6)7/h12-13H,1-10,17H2;(H,6,7)/t12-,13-;/m0./s1. The first-order valence-corrected chi connectivity index (χ1v) is 9.11. The molecular formula is C17H25F3N4O4. The van der Waals surface area contributed by atoms with Gasteiger partial charge in [0.2, 0.25) is 11.8 Å². The zero-order chi connectivity index (χ0) is 21.3. The summed E-state index contributed by atoms with van der Waals surface area (Å²) in [7, 11) is 0. The summed E-state index contributed by atoms with van der Waals surface area (Å²) in [5, 5.41) is 16.1.